The van der Waals surface area contributed by atoms with Crippen molar-refractivity contribution >= 4 is 17.7 Å². The molecular formula is C13H17N3O3. The highest BCUT2D eigenvalue weighted by atomic mass is 16.4. The fourth-order valence-corrected chi connectivity index (χ4v) is 2.22. The van der Waals surface area contributed by atoms with Gasteiger partial charge in [-0.15, -0.1) is 0 Å². The highest BCUT2D eigenvalue weighted by Gasteiger charge is 2.27. The summed E-state index contributed by atoms with van der Waals surface area (Å²) in [4.78, 5) is 24.0. The minimum atomic E-state index is -1.08. The van der Waals surface area contributed by atoms with Crippen LogP contribution in [0, 0.1) is 0 Å². The molecule has 2 amide bonds. The Labute approximate surface area is 111 Å². The molecule has 6 nitrogen and oxygen atoms in total. The molecule has 1 aliphatic heterocycles. The zero-order chi connectivity index (χ0) is 13.8. The topological polar surface area (TPSA) is 81.7 Å². The molecule has 0 aromatic heterocycles. The summed E-state index contributed by atoms with van der Waals surface area (Å²) in [5.74, 6) is 0.0756. The zero-order valence-electron chi connectivity index (χ0n) is 10.7. The van der Waals surface area contributed by atoms with Gasteiger partial charge in [0.25, 0.3) is 0 Å². The molecule has 0 saturated carbocycles. The van der Waals surface area contributed by atoms with Crippen molar-refractivity contribution in [2.24, 2.45) is 0 Å². The van der Waals surface area contributed by atoms with E-state index in [0.717, 1.165) is 18.5 Å². The number of carbonyl (C=O) groups excluding carboxylic acids is 1. The molecule has 1 aromatic rings. The first-order chi connectivity index (χ1) is 9.06. The van der Waals surface area contributed by atoms with E-state index in [-0.39, 0.29) is 11.9 Å². The second kappa shape index (κ2) is 5.71. The van der Waals surface area contributed by atoms with Crippen LogP contribution in [0.5, 0.6) is 0 Å². The van der Waals surface area contributed by atoms with Crippen molar-refractivity contribution in [2.45, 2.75) is 19.0 Å². The minimum absolute atomic E-state index is 0.0724. The Kier molecular flexibility index (Phi) is 4.01. The van der Waals surface area contributed by atoms with Crippen LogP contribution in [0.4, 0.5) is 10.5 Å². The van der Waals surface area contributed by atoms with Crippen LogP contribution in [0.25, 0.3) is 0 Å². The van der Waals surface area contributed by atoms with E-state index in [1.54, 1.807) is 12.1 Å². The van der Waals surface area contributed by atoms with Crippen LogP contribution in [-0.4, -0.2) is 41.6 Å². The summed E-state index contributed by atoms with van der Waals surface area (Å²) in [7, 11) is 1.92. The SMILES string of the molecule is CN(Cc1ccc(NC(=O)O)cc1)C1CCNC1=O. The third-order valence-corrected chi connectivity index (χ3v) is 3.19. The average Bonchev–Trinajstić information content (AvgIpc) is 2.77. The molecule has 1 heterocycles. The van der Waals surface area contributed by atoms with E-state index in [2.05, 4.69) is 10.6 Å². The maximum Gasteiger partial charge on any atom is 0.409 e. The second-order valence-corrected chi connectivity index (χ2v) is 4.64. The lowest BCUT2D eigenvalue weighted by Gasteiger charge is -2.21. The number of likely N-dealkylation sites (N-methyl/N-ethyl adjacent to an activating group) is 1. The summed E-state index contributed by atoms with van der Waals surface area (Å²) in [5, 5.41) is 13.7. The lowest BCUT2D eigenvalue weighted by Crippen LogP contribution is -2.37. The van der Waals surface area contributed by atoms with Crippen LogP contribution >= 0.6 is 0 Å². The van der Waals surface area contributed by atoms with Gasteiger partial charge in [-0.05, 0) is 31.2 Å². The molecule has 0 spiro atoms. The number of nitrogens with zero attached hydrogens (tertiary/aromatic N) is 1. The first kappa shape index (κ1) is 13.4. The Morgan fingerprint density at radius 2 is 2.16 bits per heavy atom. The van der Waals surface area contributed by atoms with Crippen molar-refractivity contribution in [3.63, 3.8) is 0 Å². The van der Waals surface area contributed by atoms with Crippen LogP contribution in [0.2, 0.25) is 0 Å². The van der Waals surface area contributed by atoms with Gasteiger partial charge in [-0.25, -0.2) is 4.79 Å². The average molecular weight is 263 g/mol. The van der Waals surface area contributed by atoms with E-state index in [1.165, 1.54) is 0 Å². The Balaban J connectivity index is 1.95. The van der Waals surface area contributed by atoms with Crippen LogP contribution < -0.4 is 10.6 Å². The minimum Gasteiger partial charge on any atom is -0.465 e. The Morgan fingerprint density at radius 3 is 2.68 bits per heavy atom. The Bertz CT molecular complexity index is 473. The molecular weight excluding hydrogens is 246 g/mol. The molecule has 6 heteroatoms. The number of hydrogen-bond donors (Lipinski definition) is 3. The van der Waals surface area contributed by atoms with Gasteiger partial charge in [-0.2, -0.15) is 0 Å². The molecule has 0 radical (unpaired) electrons. The third kappa shape index (κ3) is 3.45. The Morgan fingerprint density at radius 1 is 1.47 bits per heavy atom. The number of benzene rings is 1. The lowest BCUT2D eigenvalue weighted by molar-refractivity contribution is -0.123. The molecule has 19 heavy (non-hydrogen) atoms. The molecule has 0 aliphatic carbocycles. The standard InChI is InChI=1S/C13H17N3O3/c1-16(11-6-7-14-12(11)17)8-9-2-4-10(5-3-9)15-13(18)19/h2-5,11,15H,6-8H2,1H3,(H,14,17)(H,18,19). The van der Waals surface area contributed by atoms with Crippen molar-refractivity contribution in [2.75, 3.05) is 18.9 Å². The smallest absolute Gasteiger partial charge is 0.409 e. The summed E-state index contributed by atoms with van der Waals surface area (Å²) >= 11 is 0. The number of hydrogen-bond acceptors (Lipinski definition) is 3. The van der Waals surface area contributed by atoms with Gasteiger partial charge in [0, 0.05) is 18.8 Å². The van der Waals surface area contributed by atoms with Gasteiger partial charge in [-0.3, -0.25) is 15.0 Å². The van der Waals surface area contributed by atoms with Gasteiger partial charge < -0.3 is 10.4 Å². The maximum absolute atomic E-state index is 11.6. The Hall–Kier alpha value is -2.08. The van der Waals surface area contributed by atoms with Crippen LogP contribution in [0.3, 0.4) is 0 Å². The highest BCUT2D eigenvalue weighted by molar-refractivity contribution is 5.83. The van der Waals surface area contributed by atoms with Crippen molar-refractivity contribution < 1.29 is 14.7 Å². The predicted molar refractivity (Wildman–Crippen MR) is 71.0 cm³/mol. The van der Waals surface area contributed by atoms with E-state index >= 15 is 0 Å². The molecule has 1 atom stereocenters. The maximum atomic E-state index is 11.6. The van der Waals surface area contributed by atoms with Gasteiger partial charge in [0.15, 0.2) is 0 Å². The summed E-state index contributed by atoms with van der Waals surface area (Å²) < 4.78 is 0. The van der Waals surface area contributed by atoms with E-state index in [0.29, 0.717) is 12.2 Å². The van der Waals surface area contributed by atoms with Gasteiger partial charge in [0.2, 0.25) is 5.91 Å². The van der Waals surface area contributed by atoms with E-state index in [4.69, 9.17) is 5.11 Å². The van der Waals surface area contributed by atoms with Crippen molar-refractivity contribution in [1.29, 1.82) is 0 Å². The molecule has 2 rings (SSSR count). The van der Waals surface area contributed by atoms with Gasteiger partial charge in [0.1, 0.15) is 0 Å². The van der Waals surface area contributed by atoms with Crippen molar-refractivity contribution in [3.8, 4) is 0 Å². The largest absolute Gasteiger partial charge is 0.465 e. The van der Waals surface area contributed by atoms with Gasteiger partial charge >= 0.3 is 6.09 Å². The second-order valence-electron chi connectivity index (χ2n) is 4.64. The van der Waals surface area contributed by atoms with Crippen LogP contribution in [-0.2, 0) is 11.3 Å². The van der Waals surface area contributed by atoms with Crippen molar-refractivity contribution in [1.82, 2.24) is 10.2 Å². The van der Waals surface area contributed by atoms with Gasteiger partial charge in [0.05, 0.1) is 6.04 Å². The first-order valence-electron chi connectivity index (χ1n) is 6.13. The molecule has 1 aromatic carbocycles. The fourth-order valence-electron chi connectivity index (χ4n) is 2.22. The molecule has 3 N–H and O–H groups in total. The quantitative estimate of drug-likeness (QED) is 0.759. The highest BCUT2D eigenvalue weighted by Crippen LogP contribution is 2.14. The van der Waals surface area contributed by atoms with Crippen LogP contribution in [0.15, 0.2) is 24.3 Å². The molecule has 102 valence electrons. The van der Waals surface area contributed by atoms with E-state index < -0.39 is 6.09 Å². The van der Waals surface area contributed by atoms with E-state index in [1.807, 2.05) is 24.1 Å². The normalized spacial score (nSPS) is 18.4. The number of carbonyl (C=O) groups is 2. The molecule has 0 bridgehead atoms. The summed E-state index contributed by atoms with van der Waals surface area (Å²) in [6, 6.07) is 7.07. The van der Waals surface area contributed by atoms with Gasteiger partial charge in [-0.1, -0.05) is 12.1 Å². The number of carboxylic acid groups (broad SMARTS) is 1. The van der Waals surface area contributed by atoms with Crippen LogP contribution in [0.1, 0.15) is 12.0 Å². The molecule has 1 unspecified atom stereocenters. The fraction of sp³-hybridized carbons (Fsp3) is 0.385. The number of nitrogens with one attached hydrogen (secondary N) is 2. The van der Waals surface area contributed by atoms with E-state index in [9.17, 15) is 9.59 Å². The van der Waals surface area contributed by atoms with Crippen molar-refractivity contribution in [3.05, 3.63) is 29.8 Å². The summed E-state index contributed by atoms with van der Waals surface area (Å²) in [6.45, 7) is 1.39. The number of anilines is 1. The monoisotopic (exact) mass is 263 g/mol. The number of amides is 2. The lowest BCUT2D eigenvalue weighted by atomic mass is 10.1. The number of rotatable bonds is 4. The molecule has 1 saturated heterocycles. The summed E-state index contributed by atoms with van der Waals surface area (Å²) in [6.07, 6.45) is -0.249. The zero-order valence-corrected chi connectivity index (χ0v) is 10.7. The summed E-state index contributed by atoms with van der Waals surface area (Å²) in [5.41, 5.74) is 1.58. The molecule has 1 aliphatic rings. The predicted octanol–water partition coefficient (Wildman–Crippen LogP) is 1.10. The molecule has 1 fully saturated rings. The first-order valence-corrected chi connectivity index (χ1v) is 6.13. The third-order valence-electron chi connectivity index (χ3n) is 3.19.